The van der Waals surface area contributed by atoms with Crippen molar-refractivity contribution in [2.75, 3.05) is 0 Å². The van der Waals surface area contributed by atoms with Crippen molar-refractivity contribution in [2.45, 2.75) is 26.4 Å². The maximum atomic E-state index is 4.72. The van der Waals surface area contributed by atoms with E-state index in [1.807, 2.05) is 20.8 Å². The van der Waals surface area contributed by atoms with E-state index in [0.29, 0.717) is 0 Å². The van der Waals surface area contributed by atoms with E-state index in [9.17, 15) is 0 Å². The summed E-state index contributed by atoms with van der Waals surface area (Å²) in [7, 11) is 0. The fraction of sp³-hybridized carbons (Fsp3) is 1.00. The molecule has 3 heteroatoms. The number of halogens is 1. The second-order valence-electron chi connectivity index (χ2n) is 2.26. The summed E-state index contributed by atoms with van der Waals surface area (Å²) in [6, 6.07) is 0. The smallest absolute Gasteiger partial charge is 0.155 e. The average Bonchev–Trinajstić information content (AvgIpc) is 1.30. The fourth-order valence-electron chi connectivity index (χ4n) is 0.0945. The topological polar surface area (TPSA) is 18.5 Å². The van der Waals surface area contributed by atoms with Crippen LogP contribution in [0.2, 0.25) is 0 Å². The molecule has 0 saturated heterocycles. The van der Waals surface area contributed by atoms with Gasteiger partial charge in [-0.15, -0.1) is 0 Å². The summed E-state index contributed by atoms with van der Waals surface area (Å²) in [6.45, 7) is 5.77. The minimum Gasteiger partial charge on any atom is -0.221 e. The first-order valence-electron chi connectivity index (χ1n) is 2.03. The monoisotopic (exact) mass is 216 g/mol. The highest BCUT2D eigenvalue weighted by molar-refractivity contribution is 14.1. The molecule has 0 bridgehead atoms. The predicted molar refractivity (Wildman–Crippen MR) is 35.9 cm³/mol. The van der Waals surface area contributed by atoms with Gasteiger partial charge in [0.25, 0.3) is 0 Å². The van der Waals surface area contributed by atoms with Crippen LogP contribution in [0.3, 0.4) is 0 Å². The van der Waals surface area contributed by atoms with E-state index in [-0.39, 0.29) is 5.60 Å². The highest BCUT2D eigenvalue weighted by Gasteiger charge is 2.09. The molecule has 7 heavy (non-hydrogen) atoms. The summed E-state index contributed by atoms with van der Waals surface area (Å²) in [6.07, 6.45) is 0. The highest BCUT2D eigenvalue weighted by atomic mass is 127. The van der Waals surface area contributed by atoms with Crippen molar-refractivity contribution in [3.8, 4) is 0 Å². The van der Waals surface area contributed by atoms with Crippen LogP contribution < -0.4 is 0 Å². The SMILES string of the molecule is CC(C)(C)OOI. The molecule has 0 rings (SSSR count). The van der Waals surface area contributed by atoms with Gasteiger partial charge in [-0.3, -0.25) is 0 Å². The Balaban J connectivity index is 3.15. The Morgan fingerprint density at radius 3 is 1.71 bits per heavy atom. The molecule has 0 heterocycles. The van der Waals surface area contributed by atoms with Gasteiger partial charge in [-0.05, 0) is 20.8 Å². The molecule has 0 aromatic heterocycles. The van der Waals surface area contributed by atoms with Crippen LogP contribution in [-0.4, -0.2) is 5.60 Å². The standard InChI is InChI=1S/C4H9IO2/c1-4(2,3)6-7-5/h1-3H3. The molecule has 0 aliphatic carbocycles. The first-order chi connectivity index (χ1) is 3.06. The molecule has 44 valence electrons. The first-order valence-corrected chi connectivity index (χ1v) is 2.91. The highest BCUT2D eigenvalue weighted by Crippen LogP contribution is 2.08. The van der Waals surface area contributed by atoms with Crippen LogP contribution >= 0.6 is 23.0 Å². The Morgan fingerprint density at radius 1 is 1.29 bits per heavy atom. The van der Waals surface area contributed by atoms with Crippen LogP contribution in [-0.2, 0) is 8.10 Å². The van der Waals surface area contributed by atoms with Crippen LogP contribution in [0.5, 0.6) is 0 Å². The molecule has 0 spiro atoms. The Hall–Kier alpha value is 0.650. The summed E-state index contributed by atoms with van der Waals surface area (Å²) in [4.78, 5) is 4.72. The van der Waals surface area contributed by atoms with E-state index in [2.05, 4.69) is 3.22 Å². The normalized spacial score (nSPS) is 12.0. The van der Waals surface area contributed by atoms with E-state index in [1.54, 1.807) is 23.0 Å². The maximum Gasteiger partial charge on any atom is 0.155 e. The van der Waals surface area contributed by atoms with Crippen LogP contribution in [0.1, 0.15) is 20.8 Å². The molecule has 0 saturated carbocycles. The zero-order valence-electron chi connectivity index (χ0n) is 4.69. The molecule has 0 aromatic carbocycles. The molecule has 0 aliphatic rings. The van der Waals surface area contributed by atoms with Gasteiger partial charge in [-0.1, -0.05) is 0 Å². The Bertz CT molecular complexity index is 48.1. The third-order valence-electron chi connectivity index (χ3n) is 0.281. The van der Waals surface area contributed by atoms with E-state index >= 15 is 0 Å². The van der Waals surface area contributed by atoms with Crippen molar-refractivity contribution in [2.24, 2.45) is 0 Å². The quantitative estimate of drug-likeness (QED) is 0.379. The predicted octanol–water partition coefficient (Wildman–Crippen LogP) is 2.08. The van der Waals surface area contributed by atoms with E-state index in [1.165, 1.54) is 0 Å². The van der Waals surface area contributed by atoms with Gasteiger partial charge in [0.2, 0.25) is 0 Å². The fourth-order valence-corrected chi connectivity index (χ4v) is 0.634. The number of hydrogen-bond donors (Lipinski definition) is 0. The maximum absolute atomic E-state index is 4.72. The summed E-state index contributed by atoms with van der Waals surface area (Å²) < 4.78 is 4.38. The van der Waals surface area contributed by atoms with Gasteiger partial charge in [0.05, 0.1) is 5.60 Å². The van der Waals surface area contributed by atoms with Crippen molar-refractivity contribution in [3.63, 3.8) is 0 Å². The number of hydrogen-bond acceptors (Lipinski definition) is 2. The molecule has 0 N–H and O–H groups in total. The number of rotatable bonds is 1. The molecule has 2 nitrogen and oxygen atoms in total. The minimum absolute atomic E-state index is 0.179. The summed E-state index contributed by atoms with van der Waals surface area (Å²) in [5, 5.41) is 0. The Labute approximate surface area is 57.8 Å². The van der Waals surface area contributed by atoms with Gasteiger partial charge in [-0.25, -0.2) is 4.89 Å². The minimum atomic E-state index is -0.179. The second-order valence-corrected chi connectivity index (χ2v) is 2.62. The molecular formula is C4H9IO2. The molecule has 0 amide bonds. The lowest BCUT2D eigenvalue weighted by Gasteiger charge is -2.13. The lowest BCUT2D eigenvalue weighted by Crippen LogP contribution is -2.16. The lowest BCUT2D eigenvalue weighted by atomic mass is 10.2. The molecule has 0 atom stereocenters. The third kappa shape index (κ3) is 6.65. The lowest BCUT2D eigenvalue weighted by molar-refractivity contribution is -0.242. The van der Waals surface area contributed by atoms with Crippen LogP contribution in [0.4, 0.5) is 0 Å². The second kappa shape index (κ2) is 2.84. The third-order valence-corrected chi connectivity index (χ3v) is 0.461. The van der Waals surface area contributed by atoms with Gasteiger partial charge in [0.1, 0.15) is 0 Å². The van der Waals surface area contributed by atoms with Gasteiger partial charge >= 0.3 is 0 Å². The molecule has 0 unspecified atom stereocenters. The van der Waals surface area contributed by atoms with Crippen molar-refractivity contribution in [1.29, 1.82) is 0 Å². The molecular weight excluding hydrogens is 207 g/mol. The van der Waals surface area contributed by atoms with Crippen molar-refractivity contribution >= 4 is 23.0 Å². The van der Waals surface area contributed by atoms with Gasteiger partial charge in [-0.2, -0.15) is 3.22 Å². The van der Waals surface area contributed by atoms with E-state index in [4.69, 9.17) is 4.89 Å². The van der Waals surface area contributed by atoms with Gasteiger partial charge in [0, 0.05) is 0 Å². The van der Waals surface area contributed by atoms with Gasteiger partial charge in [0.15, 0.2) is 23.0 Å². The zero-order chi connectivity index (χ0) is 5.91. The van der Waals surface area contributed by atoms with E-state index in [0.717, 1.165) is 0 Å². The van der Waals surface area contributed by atoms with Gasteiger partial charge < -0.3 is 0 Å². The van der Waals surface area contributed by atoms with Crippen LogP contribution in [0.25, 0.3) is 0 Å². The molecule has 0 radical (unpaired) electrons. The van der Waals surface area contributed by atoms with Crippen LogP contribution in [0.15, 0.2) is 0 Å². The summed E-state index contributed by atoms with van der Waals surface area (Å²) in [5.41, 5.74) is -0.179. The van der Waals surface area contributed by atoms with Crippen molar-refractivity contribution in [3.05, 3.63) is 0 Å². The summed E-state index contributed by atoms with van der Waals surface area (Å²) >= 11 is 1.69. The van der Waals surface area contributed by atoms with Crippen LogP contribution in [0, 0.1) is 0 Å². The summed E-state index contributed by atoms with van der Waals surface area (Å²) in [5.74, 6) is 0. The van der Waals surface area contributed by atoms with Crippen molar-refractivity contribution < 1.29 is 8.10 Å². The Morgan fingerprint density at radius 2 is 1.71 bits per heavy atom. The largest absolute Gasteiger partial charge is 0.221 e. The molecule has 0 fully saturated rings. The molecule has 0 aliphatic heterocycles. The Kier molecular flexibility index (Phi) is 3.10. The average molecular weight is 216 g/mol. The zero-order valence-corrected chi connectivity index (χ0v) is 6.85. The molecule has 0 aromatic rings. The van der Waals surface area contributed by atoms with E-state index < -0.39 is 0 Å². The first kappa shape index (κ1) is 7.65. The van der Waals surface area contributed by atoms with Crippen molar-refractivity contribution in [1.82, 2.24) is 0 Å².